The van der Waals surface area contributed by atoms with Crippen LogP contribution < -0.4 is 4.80 Å². The maximum absolute atomic E-state index is 11.3. The monoisotopic (exact) mass is 414 g/mol. The average Bonchev–Trinajstić information content (AvgIpc) is 3.18. The average molecular weight is 414 g/mol. The van der Waals surface area contributed by atoms with Crippen LogP contribution in [0.5, 0.6) is 0 Å². The van der Waals surface area contributed by atoms with Crippen LogP contribution in [0.2, 0.25) is 0 Å². The molecule has 0 unspecified atom stereocenters. The maximum Gasteiger partial charge on any atom is 0.278 e. The second kappa shape index (κ2) is 8.67. The van der Waals surface area contributed by atoms with Crippen molar-refractivity contribution in [2.24, 2.45) is 10.1 Å². The first-order valence-electron chi connectivity index (χ1n) is 9.27. The number of nitro groups is 1. The Morgan fingerprint density at radius 2 is 1.83 bits per heavy atom. The van der Waals surface area contributed by atoms with Crippen molar-refractivity contribution in [1.82, 2.24) is 4.68 Å². The number of fused-ring (bicyclic) bond motifs is 1. The van der Waals surface area contributed by atoms with Gasteiger partial charge in [0.15, 0.2) is 0 Å². The fourth-order valence-electron chi connectivity index (χ4n) is 3.18. The van der Waals surface area contributed by atoms with Crippen molar-refractivity contribution in [3.63, 3.8) is 0 Å². The molecule has 0 saturated carbocycles. The third kappa shape index (κ3) is 3.83. The lowest BCUT2D eigenvalue weighted by Crippen LogP contribution is -2.12. The summed E-state index contributed by atoms with van der Waals surface area (Å²) in [5.74, 6) is 0. The summed E-state index contributed by atoms with van der Waals surface area (Å²) in [7, 11) is 0. The third-order valence-electron chi connectivity index (χ3n) is 4.55. The molecule has 148 valence electrons. The Morgan fingerprint density at radius 3 is 2.67 bits per heavy atom. The van der Waals surface area contributed by atoms with Crippen LogP contribution in [0.4, 0.5) is 5.69 Å². The summed E-state index contributed by atoms with van der Waals surface area (Å²) < 4.78 is 1.73. The molecular weight excluding hydrogens is 396 g/mol. The van der Waals surface area contributed by atoms with Crippen molar-refractivity contribution in [3.05, 3.63) is 105 Å². The van der Waals surface area contributed by atoms with Crippen molar-refractivity contribution in [2.75, 3.05) is 6.54 Å². The zero-order valence-corrected chi connectivity index (χ0v) is 16.8. The second-order valence-corrected chi connectivity index (χ2v) is 7.27. The van der Waals surface area contributed by atoms with E-state index in [4.69, 9.17) is 0 Å². The fraction of sp³-hybridized carbons (Fsp3) is 0.0435. The van der Waals surface area contributed by atoms with E-state index in [2.05, 4.69) is 34.9 Å². The van der Waals surface area contributed by atoms with E-state index in [-0.39, 0.29) is 5.69 Å². The van der Waals surface area contributed by atoms with Crippen molar-refractivity contribution in [3.8, 4) is 11.3 Å². The fourth-order valence-corrected chi connectivity index (χ4v) is 4.02. The number of hydrogen-bond acceptors (Lipinski definition) is 5. The standard InChI is InChI=1S/C23H18N4O2S/c1-2-14-24-23-26(25-15-18-9-4-6-13-21(18)27(28)29)22(16-30-23)20-12-7-10-17-8-3-5-11-19(17)20/h2-13,15-16H,1,14H2. The summed E-state index contributed by atoms with van der Waals surface area (Å²) in [5.41, 5.74) is 2.33. The van der Waals surface area contributed by atoms with Gasteiger partial charge in [-0.1, -0.05) is 60.7 Å². The highest BCUT2D eigenvalue weighted by Gasteiger charge is 2.13. The van der Waals surface area contributed by atoms with Crippen LogP contribution in [-0.4, -0.2) is 22.4 Å². The first-order valence-corrected chi connectivity index (χ1v) is 10.1. The Morgan fingerprint density at radius 1 is 1.07 bits per heavy atom. The minimum absolute atomic E-state index is 0.00775. The number of hydrogen-bond donors (Lipinski definition) is 0. The Balaban J connectivity index is 1.90. The van der Waals surface area contributed by atoms with Crippen molar-refractivity contribution in [1.29, 1.82) is 0 Å². The number of nitro benzene ring substituents is 1. The predicted molar refractivity (Wildman–Crippen MR) is 122 cm³/mol. The van der Waals surface area contributed by atoms with Gasteiger partial charge < -0.3 is 0 Å². The topological polar surface area (TPSA) is 72.8 Å². The van der Waals surface area contributed by atoms with Gasteiger partial charge in [0.1, 0.15) is 0 Å². The molecule has 0 bridgehead atoms. The summed E-state index contributed by atoms with van der Waals surface area (Å²) in [6.45, 7) is 4.18. The highest BCUT2D eigenvalue weighted by molar-refractivity contribution is 7.07. The molecule has 30 heavy (non-hydrogen) atoms. The Hall–Kier alpha value is -3.84. The minimum Gasteiger partial charge on any atom is -0.258 e. The molecule has 0 aliphatic heterocycles. The van der Waals surface area contributed by atoms with Crippen molar-refractivity contribution >= 4 is 34.0 Å². The highest BCUT2D eigenvalue weighted by Crippen LogP contribution is 2.29. The van der Waals surface area contributed by atoms with Crippen LogP contribution in [0.15, 0.2) is 94.9 Å². The van der Waals surface area contributed by atoms with E-state index >= 15 is 0 Å². The summed E-state index contributed by atoms with van der Waals surface area (Å²) in [5, 5.41) is 20.1. The number of nitrogens with zero attached hydrogens (tertiary/aromatic N) is 4. The number of rotatable bonds is 6. The van der Waals surface area contributed by atoms with Gasteiger partial charge in [-0.2, -0.15) is 5.10 Å². The van der Waals surface area contributed by atoms with Gasteiger partial charge in [-0.25, -0.2) is 4.68 Å². The Bertz CT molecular complexity index is 1330. The molecule has 0 saturated heterocycles. The van der Waals surface area contributed by atoms with E-state index in [1.165, 1.54) is 23.6 Å². The van der Waals surface area contributed by atoms with Gasteiger partial charge >= 0.3 is 0 Å². The largest absolute Gasteiger partial charge is 0.278 e. The molecule has 4 aromatic rings. The molecule has 0 N–H and O–H groups in total. The van der Waals surface area contributed by atoms with E-state index in [0.717, 1.165) is 22.0 Å². The molecule has 1 aromatic heterocycles. The molecule has 0 amide bonds. The van der Waals surface area contributed by atoms with E-state index < -0.39 is 4.92 Å². The van der Waals surface area contributed by atoms with Gasteiger partial charge in [0.25, 0.3) is 5.69 Å². The van der Waals surface area contributed by atoms with Crippen LogP contribution >= 0.6 is 11.3 Å². The molecule has 7 heteroatoms. The number of thiazole rings is 1. The zero-order chi connectivity index (χ0) is 20.9. The number of aromatic nitrogens is 1. The van der Waals surface area contributed by atoms with Crippen LogP contribution in [0.3, 0.4) is 0 Å². The Labute approximate surface area is 176 Å². The molecule has 0 radical (unpaired) electrons. The Kier molecular flexibility index (Phi) is 5.63. The molecule has 0 atom stereocenters. The van der Waals surface area contributed by atoms with Gasteiger partial charge in [-0.15, -0.1) is 17.9 Å². The molecular formula is C23H18N4O2S. The molecule has 0 fully saturated rings. The van der Waals surface area contributed by atoms with Gasteiger partial charge in [0, 0.05) is 17.0 Å². The summed E-state index contributed by atoms with van der Waals surface area (Å²) in [4.78, 5) is 16.2. The van der Waals surface area contributed by atoms with Crippen LogP contribution in [0.25, 0.3) is 22.0 Å². The molecule has 3 aromatic carbocycles. The number of para-hydroxylation sites is 1. The van der Waals surface area contributed by atoms with E-state index in [1.807, 2.05) is 29.6 Å². The zero-order valence-electron chi connectivity index (χ0n) is 16.0. The third-order valence-corrected chi connectivity index (χ3v) is 5.41. The highest BCUT2D eigenvalue weighted by atomic mass is 32.1. The van der Waals surface area contributed by atoms with Gasteiger partial charge in [0.05, 0.1) is 28.9 Å². The van der Waals surface area contributed by atoms with Crippen LogP contribution in [0.1, 0.15) is 5.56 Å². The molecule has 0 aliphatic rings. The van der Waals surface area contributed by atoms with E-state index in [9.17, 15) is 10.1 Å². The number of benzene rings is 3. The normalized spacial score (nSPS) is 11.9. The quantitative estimate of drug-likeness (QED) is 0.187. The lowest BCUT2D eigenvalue weighted by molar-refractivity contribution is -0.385. The van der Waals surface area contributed by atoms with Gasteiger partial charge in [-0.3, -0.25) is 15.1 Å². The minimum atomic E-state index is -0.408. The molecule has 0 spiro atoms. The summed E-state index contributed by atoms with van der Waals surface area (Å²) in [6, 6.07) is 20.8. The maximum atomic E-state index is 11.3. The molecule has 0 aliphatic carbocycles. The lowest BCUT2D eigenvalue weighted by Gasteiger charge is -2.07. The smallest absolute Gasteiger partial charge is 0.258 e. The summed E-state index contributed by atoms with van der Waals surface area (Å²) >= 11 is 1.47. The van der Waals surface area contributed by atoms with Crippen LogP contribution in [-0.2, 0) is 0 Å². The SMILES string of the molecule is C=CCN=c1scc(-c2cccc3ccccc23)n1N=Cc1ccccc1[N+](=O)[O-]. The molecule has 4 rings (SSSR count). The van der Waals surface area contributed by atoms with E-state index in [1.54, 1.807) is 29.0 Å². The van der Waals surface area contributed by atoms with Crippen molar-refractivity contribution in [2.45, 2.75) is 0 Å². The first-order chi connectivity index (χ1) is 14.7. The lowest BCUT2D eigenvalue weighted by atomic mass is 10.0. The van der Waals surface area contributed by atoms with Crippen LogP contribution in [0, 0.1) is 10.1 Å². The predicted octanol–water partition coefficient (Wildman–Crippen LogP) is 5.25. The molecule has 6 nitrogen and oxygen atoms in total. The second-order valence-electron chi connectivity index (χ2n) is 6.43. The molecule has 1 heterocycles. The van der Waals surface area contributed by atoms with Gasteiger partial charge in [-0.05, 0) is 16.8 Å². The van der Waals surface area contributed by atoms with Crippen molar-refractivity contribution < 1.29 is 4.92 Å². The summed E-state index contributed by atoms with van der Waals surface area (Å²) in [6.07, 6.45) is 3.22. The van der Waals surface area contributed by atoms with Gasteiger partial charge in [0.2, 0.25) is 4.80 Å². The first kappa shape index (κ1) is 19.5. The van der Waals surface area contributed by atoms with E-state index in [0.29, 0.717) is 16.9 Å².